The fraction of sp³-hybridized carbons (Fsp3) is 0.500. The molecule has 3 fully saturated rings. The molecule has 5 nitrogen and oxygen atoms in total. The van der Waals surface area contributed by atoms with Crippen LogP contribution in [-0.2, 0) is 13.1 Å². The Labute approximate surface area is 160 Å². The number of fused-ring (bicyclic) bond motifs is 5. The van der Waals surface area contributed by atoms with E-state index in [1.165, 1.54) is 37.1 Å². The maximum atomic E-state index is 5.77. The number of aromatic nitrogens is 1. The molecule has 3 saturated heterocycles. The lowest BCUT2D eigenvalue weighted by Gasteiger charge is -2.36. The van der Waals surface area contributed by atoms with Crippen molar-refractivity contribution >= 4 is 0 Å². The van der Waals surface area contributed by atoms with Crippen molar-refractivity contribution in [2.24, 2.45) is 5.92 Å². The number of nitrogens with zero attached hydrogens (tertiary/aromatic N) is 3. The largest absolute Gasteiger partial charge is 0.486 e. The summed E-state index contributed by atoms with van der Waals surface area (Å²) in [5, 5.41) is 0. The summed E-state index contributed by atoms with van der Waals surface area (Å²) in [6.07, 6.45) is 6.46. The molecule has 142 valence electrons. The summed E-state index contributed by atoms with van der Waals surface area (Å²) < 4.78 is 11.4. The summed E-state index contributed by atoms with van der Waals surface area (Å²) in [5.74, 6) is 2.55. The SMILES string of the molecule is c1cc(CN2C[C@@H]3CC[C@H](C2)N(Cc2ccc4c(c2)OCCO4)C3)ccn1. The van der Waals surface area contributed by atoms with E-state index < -0.39 is 0 Å². The van der Waals surface area contributed by atoms with E-state index in [1.54, 1.807) is 0 Å². The topological polar surface area (TPSA) is 37.8 Å². The summed E-state index contributed by atoms with van der Waals surface area (Å²) >= 11 is 0. The van der Waals surface area contributed by atoms with Crippen LogP contribution in [0.15, 0.2) is 42.7 Å². The highest BCUT2D eigenvalue weighted by molar-refractivity contribution is 5.43. The maximum Gasteiger partial charge on any atom is 0.161 e. The van der Waals surface area contributed by atoms with Crippen molar-refractivity contribution in [2.75, 3.05) is 32.8 Å². The molecular formula is C22H27N3O2. The first-order valence-corrected chi connectivity index (χ1v) is 10.1. The number of rotatable bonds is 4. The number of hydrogen-bond donors (Lipinski definition) is 0. The number of hydrogen-bond acceptors (Lipinski definition) is 5. The molecule has 2 aromatic rings. The summed E-state index contributed by atoms with van der Waals surface area (Å²) in [4.78, 5) is 9.47. The number of piperidine rings is 1. The van der Waals surface area contributed by atoms with Gasteiger partial charge in [-0.1, -0.05) is 6.07 Å². The van der Waals surface area contributed by atoms with Gasteiger partial charge in [0.1, 0.15) is 13.2 Å². The molecule has 0 amide bonds. The van der Waals surface area contributed by atoms with Crippen molar-refractivity contribution in [3.05, 3.63) is 53.9 Å². The molecule has 6 rings (SSSR count). The van der Waals surface area contributed by atoms with Gasteiger partial charge in [0.25, 0.3) is 0 Å². The number of ether oxygens (including phenoxy) is 2. The zero-order valence-electron chi connectivity index (χ0n) is 15.7. The molecule has 4 aliphatic heterocycles. The van der Waals surface area contributed by atoms with Gasteiger partial charge in [-0.3, -0.25) is 14.8 Å². The Morgan fingerprint density at radius 1 is 0.852 bits per heavy atom. The molecule has 4 aliphatic rings. The number of benzene rings is 1. The van der Waals surface area contributed by atoms with Gasteiger partial charge in [0.2, 0.25) is 0 Å². The van der Waals surface area contributed by atoms with Crippen LogP contribution in [0.5, 0.6) is 11.5 Å². The third kappa shape index (κ3) is 3.80. The van der Waals surface area contributed by atoms with E-state index in [2.05, 4.69) is 45.1 Å². The van der Waals surface area contributed by atoms with E-state index in [0.717, 1.165) is 37.1 Å². The molecule has 2 atom stereocenters. The molecule has 0 N–H and O–H groups in total. The molecule has 0 radical (unpaired) electrons. The fourth-order valence-corrected chi connectivity index (χ4v) is 4.77. The van der Waals surface area contributed by atoms with Gasteiger partial charge >= 0.3 is 0 Å². The highest BCUT2D eigenvalue weighted by Gasteiger charge is 2.34. The zero-order chi connectivity index (χ0) is 18.1. The molecule has 27 heavy (non-hydrogen) atoms. The molecule has 0 aliphatic carbocycles. The Morgan fingerprint density at radius 3 is 2.59 bits per heavy atom. The van der Waals surface area contributed by atoms with Crippen LogP contribution in [0.2, 0.25) is 0 Å². The molecule has 0 unspecified atom stereocenters. The first-order valence-electron chi connectivity index (χ1n) is 10.1. The second-order valence-electron chi connectivity index (χ2n) is 8.05. The fourth-order valence-electron chi connectivity index (χ4n) is 4.77. The monoisotopic (exact) mass is 365 g/mol. The quantitative estimate of drug-likeness (QED) is 0.833. The lowest BCUT2D eigenvalue weighted by Crippen LogP contribution is -2.43. The van der Waals surface area contributed by atoms with E-state index in [1.807, 2.05) is 12.4 Å². The van der Waals surface area contributed by atoms with Crippen molar-refractivity contribution in [2.45, 2.75) is 32.0 Å². The van der Waals surface area contributed by atoms with E-state index in [0.29, 0.717) is 19.3 Å². The van der Waals surface area contributed by atoms with E-state index in [9.17, 15) is 0 Å². The summed E-state index contributed by atoms with van der Waals surface area (Å²) in [5.41, 5.74) is 2.69. The third-order valence-corrected chi connectivity index (χ3v) is 6.05. The lowest BCUT2D eigenvalue weighted by atomic mass is 9.94. The highest BCUT2D eigenvalue weighted by atomic mass is 16.6. The predicted molar refractivity (Wildman–Crippen MR) is 104 cm³/mol. The van der Waals surface area contributed by atoms with Crippen LogP contribution >= 0.6 is 0 Å². The first-order chi connectivity index (χ1) is 13.3. The zero-order valence-corrected chi connectivity index (χ0v) is 15.7. The predicted octanol–water partition coefficient (Wildman–Crippen LogP) is 2.95. The van der Waals surface area contributed by atoms with Gasteiger partial charge in [0.15, 0.2) is 11.5 Å². The van der Waals surface area contributed by atoms with Crippen LogP contribution in [0.3, 0.4) is 0 Å². The van der Waals surface area contributed by atoms with E-state index >= 15 is 0 Å². The Bertz CT molecular complexity index is 782. The summed E-state index contributed by atoms with van der Waals surface area (Å²) in [6, 6.07) is 11.3. The minimum absolute atomic E-state index is 0.638. The molecule has 1 aromatic heterocycles. The van der Waals surface area contributed by atoms with Crippen LogP contribution < -0.4 is 9.47 Å². The Morgan fingerprint density at radius 2 is 1.70 bits per heavy atom. The average molecular weight is 365 g/mol. The van der Waals surface area contributed by atoms with Crippen LogP contribution in [0.1, 0.15) is 24.0 Å². The van der Waals surface area contributed by atoms with Gasteiger partial charge in [-0.2, -0.15) is 0 Å². The van der Waals surface area contributed by atoms with Gasteiger partial charge in [-0.05, 0) is 54.2 Å². The summed E-state index contributed by atoms with van der Waals surface area (Å²) in [7, 11) is 0. The second-order valence-corrected chi connectivity index (χ2v) is 8.05. The van der Waals surface area contributed by atoms with Crippen LogP contribution in [-0.4, -0.2) is 53.7 Å². The molecule has 0 saturated carbocycles. The minimum Gasteiger partial charge on any atom is -0.486 e. The molecule has 1 aromatic carbocycles. The van der Waals surface area contributed by atoms with Crippen LogP contribution in [0, 0.1) is 5.92 Å². The van der Waals surface area contributed by atoms with Gasteiger partial charge in [0.05, 0.1) is 0 Å². The van der Waals surface area contributed by atoms with Crippen molar-refractivity contribution in [1.82, 2.24) is 14.8 Å². The van der Waals surface area contributed by atoms with Gasteiger partial charge in [-0.15, -0.1) is 0 Å². The van der Waals surface area contributed by atoms with Crippen LogP contribution in [0.4, 0.5) is 0 Å². The average Bonchev–Trinajstić information content (AvgIpc) is 2.99. The summed E-state index contributed by atoms with van der Waals surface area (Å²) in [6.45, 7) is 6.89. The van der Waals surface area contributed by atoms with Gasteiger partial charge in [0, 0.05) is 51.2 Å². The van der Waals surface area contributed by atoms with E-state index in [4.69, 9.17) is 9.47 Å². The van der Waals surface area contributed by atoms with Crippen LogP contribution in [0.25, 0.3) is 0 Å². The van der Waals surface area contributed by atoms with Crippen molar-refractivity contribution in [3.63, 3.8) is 0 Å². The standard InChI is InChI=1S/C22H27N3O2/c1-3-20-16-24(12-17-5-7-23-8-6-17)13-19(1)15-25(20)14-18-2-4-21-22(11-18)27-10-9-26-21/h2,4-8,11,19-20H,1,3,9-10,12-16H2/t19-,20+/m0/s1. The lowest BCUT2D eigenvalue weighted by molar-refractivity contribution is 0.122. The van der Waals surface area contributed by atoms with Gasteiger partial charge < -0.3 is 9.47 Å². The molecule has 2 bridgehead atoms. The molecule has 0 spiro atoms. The van der Waals surface area contributed by atoms with Crippen molar-refractivity contribution in [3.8, 4) is 11.5 Å². The Balaban J connectivity index is 1.28. The smallest absolute Gasteiger partial charge is 0.161 e. The molecular weight excluding hydrogens is 338 g/mol. The van der Waals surface area contributed by atoms with Crippen molar-refractivity contribution in [1.29, 1.82) is 0 Å². The van der Waals surface area contributed by atoms with Crippen molar-refractivity contribution < 1.29 is 9.47 Å². The first kappa shape index (κ1) is 17.0. The van der Waals surface area contributed by atoms with Gasteiger partial charge in [-0.25, -0.2) is 0 Å². The number of pyridine rings is 1. The molecule has 5 heteroatoms. The third-order valence-electron chi connectivity index (χ3n) is 6.05. The molecule has 5 heterocycles. The normalized spacial score (nSPS) is 25.3. The van der Waals surface area contributed by atoms with E-state index in [-0.39, 0.29) is 0 Å². The Hall–Kier alpha value is -2.11. The highest BCUT2D eigenvalue weighted by Crippen LogP contribution is 2.33. The maximum absolute atomic E-state index is 5.77. The second kappa shape index (κ2) is 7.49. The Kier molecular flexibility index (Phi) is 4.72. The minimum atomic E-state index is 0.638.